The van der Waals surface area contributed by atoms with Gasteiger partial charge in [-0.25, -0.2) is 4.79 Å². The van der Waals surface area contributed by atoms with Crippen LogP contribution in [0.3, 0.4) is 0 Å². The van der Waals surface area contributed by atoms with E-state index in [1.54, 1.807) is 0 Å². The molecule has 4 aliphatic rings. The molecule has 0 N–H and O–H groups in total. The van der Waals surface area contributed by atoms with Crippen LogP contribution in [0.5, 0.6) is 0 Å². The SMILES string of the molecule is COC(=O)[C@@H]1O[C@@H]2OC3(CC3)O[C@@H]2[C@@H](OCc2ccccc2)[C@@H]1O[C@H]1O[C@H](COC(C)=O)[C@@H](O[Si](C)(C)C(C)(C)C)[C@H](OC(C)=O)[C@H]1N=[N+]=[N-]. The van der Waals surface area contributed by atoms with Crippen molar-refractivity contribution in [2.45, 2.75) is 139 Å². The zero-order valence-electron chi connectivity index (χ0n) is 29.6. The van der Waals surface area contributed by atoms with Gasteiger partial charge in [0.1, 0.15) is 49.3 Å². The first-order chi connectivity index (χ1) is 23.6. The molecule has 0 radical (unpaired) electrons. The zero-order chi connectivity index (χ0) is 36.4. The third-order valence-electron chi connectivity index (χ3n) is 9.63. The molecule has 3 saturated heterocycles. The van der Waals surface area contributed by atoms with E-state index in [-0.39, 0.29) is 18.3 Å². The molecule has 1 saturated carbocycles. The molecule has 0 aromatic heterocycles. The number of esters is 3. The maximum atomic E-state index is 13.3. The van der Waals surface area contributed by atoms with Crippen LogP contribution in [0.2, 0.25) is 18.1 Å². The summed E-state index contributed by atoms with van der Waals surface area (Å²) in [6, 6.07) is 8.04. The monoisotopic (exact) mass is 721 g/mol. The van der Waals surface area contributed by atoms with E-state index in [1.165, 1.54) is 21.0 Å². The van der Waals surface area contributed by atoms with Gasteiger partial charge < -0.3 is 47.1 Å². The van der Waals surface area contributed by atoms with E-state index in [9.17, 15) is 19.9 Å². The highest BCUT2D eigenvalue weighted by atomic mass is 28.4. The Hall–Kier alpha value is -3.12. The summed E-state index contributed by atoms with van der Waals surface area (Å²) in [7, 11) is -1.42. The van der Waals surface area contributed by atoms with Crippen LogP contribution in [0.25, 0.3) is 10.4 Å². The standard InChI is InChI=1S/C33H47N3O13Si/c1-18(37)41-17-21-23(49-50(7,8)32(3,4)5)24(43-19(2)38)22(35-36-34)30(44-21)45-26-25(42-16-20-12-10-9-11-13-20)28-31(46-27(26)29(39)40-6)48-33(47-28)14-15-33/h9-13,21-28,30-31H,14-17H2,1-8H3/t21-,22-,23-,24-,25+,26+,27-,28-,30-,31-/m1/s1. The summed E-state index contributed by atoms with van der Waals surface area (Å²) in [5.74, 6) is -2.92. The van der Waals surface area contributed by atoms with E-state index in [0.717, 1.165) is 5.56 Å². The van der Waals surface area contributed by atoms with Crippen molar-refractivity contribution in [3.63, 3.8) is 0 Å². The van der Waals surface area contributed by atoms with Crippen LogP contribution in [-0.4, -0.2) is 107 Å². The van der Waals surface area contributed by atoms with E-state index in [2.05, 4.69) is 10.0 Å². The van der Waals surface area contributed by atoms with E-state index in [0.29, 0.717) is 12.8 Å². The lowest BCUT2D eigenvalue weighted by atomic mass is 9.95. The second kappa shape index (κ2) is 15.2. The first kappa shape index (κ1) is 38.1. The van der Waals surface area contributed by atoms with Crippen LogP contribution >= 0.6 is 0 Å². The number of hydrogen-bond acceptors (Lipinski definition) is 14. The van der Waals surface area contributed by atoms with Crippen LogP contribution in [0.4, 0.5) is 0 Å². The Morgan fingerprint density at radius 2 is 1.70 bits per heavy atom. The Labute approximate surface area is 292 Å². The Bertz CT molecular complexity index is 1430. The molecule has 1 aromatic carbocycles. The van der Waals surface area contributed by atoms with E-state index in [4.69, 9.17) is 47.1 Å². The Kier molecular flexibility index (Phi) is 11.6. The summed E-state index contributed by atoms with van der Waals surface area (Å²) in [6.07, 6.45) is -9.07. The van der Waals surface area contributed by atoms with Gasteiger partial charge >= 0.3 is 17.9 Å². The summed E-state index contributed by atoms with van der Waals surface area (Å²) in [5, 5.41) is 3.68. The number of methoxy groups -OCH3 is 1. The van der Waals surface area contributed by atoms with Gasteiger partial charge in [-0.1, -0.05) is 56.2 Å². The molecule has 1 spiro atoms. The Morgan fingerprint density at radius 3 is 2.28 bits per heavy atom. The first-order valence-corrected chi connectivity index (χ1v) is 19.6. The van der Waals surface area contributed by atoms with E-state index < -0.39 is 93.4 Å². The van der Waals surface area contributed by atoms with Gasteiger partial charge in [-0.15, -0.1) is 0 Å². The summed E-state index contributed by atoms with van der Waals surface area (Å²) in [6.45, 7) is 12.3. The Morgan fingerprint density at radius 1 is 1.00 bits per heavy atom. The van der Waals surface area contributed by atoms with Crippen molar-refractivity contribution in [2.75, 3.05) is 13.7 Å². The zero-order valence-corrected chi connectivity index (χ0v) is 30.6. The van der Waals surface area contributed by atoms with Crippen molar-refractivity contribution in [1.29, 1.82) is 0 Å². The average Bonchev–Trinajstić information content (AvgIpc) is 3.70. The largest absolute Gasteiger partial charge is 0.467 e. The number of hydrogen-bond donors (Lipinski definition) is 0. The molecule has 0 amide bonds. The summed E-state index contributed by atoms with van der Waals surface area (Å²) in [4.78, 5) is 40.9. The average molecular weight is 722 g/mol. The van der Waals surface area contributed by atoms with E-state index >= 15 is 0 Å². The van der Waals surface area contributed by atoms with Crippen LogP contribution in [-0.2, 0) is 68.0 Å². The van der Waals surface area contributed by atoms with Gasteiger partial charge in [0.05, 0.1) is 13.7 Å². The predicted molar refractivity (Wildman–Crippen MR) is 174 cm³/mol. The lowest BCUT2D eigenvalue weighted by Gasteiger charge is -2.50. The fourth-order valence-electron chi connectivity index (χ4n) is 5.93. The van der Waals surface area contributed by atoms with Crippen LogP contribution in [0.15, 0.2) is 35.4 Å². The van der Waals surface area contributed by atoms with Crippen molar-refractivity contribution in [1.82, 2.24) is 0 Å². The molecule has 5 rings (SSSR count). The number of carbonyl (C=O) groups is 3. The molecule has 0 bridgehead atoms. The molecule has 17 heteroatoms. The maximum Gasteiger partial charge on any atom is 0.337 e. The minimum atomic E-state index is -2.63. The first-order valence-electron chi connectivity index (χ1n) is 16.7. The molecule has 10 atom stereocenters. The maximum absolute atomic E-state index is 13.3. The summed E-state index contributed by atoms with van der Waals surface area (Å²) < 4.78 is 61.0. The highest BCUT2D eigenvalue weighted by molar-refractivity contribution is 6.74. The normalized spacial score (nSPS) is 33.1. The van der Waals surface area contributed by atoms with Crippen molar-refractivity contribution in [3.05, 3.63) is 46.3 Å². The number of benzene rings is 1. The molecule has 1 aromatic rings. The quantitative estimate of drug-likeness (QED) is 0.0751. The molecule has 16 nitrogen and oxygen atoms in total. The van der Waals surface area contributed by atoms with Gasteiger partial charge in [0, 0.05) is 31.6 Å². The van der Waals surface area contributed by atoms with Gasteiger partial charge in [0.15, 0.2) is 32.8 Å². The lowest BCUT2D eigenvalue weighted by molar-refractivity contribution is -0.325. The molecule has 4 fully saturated rings. The predicted octanol–water partition coefficient (Wildman–Crippen LogP) is 4.05. The second-order valence-electron chi connectivity index (χ2n) is 14.4. The number of nitrogens with zero attached hydrogens (tertiary/aromatic N) is 3. The molecule has 50 heavy (non-hydrogen) atoms. The molecule has 3 heterocycles. The number of carbonyl (C=O) groups excluding carboxylic acids is 3. The molecular formula is C33H47N3O13Si. The van der Waals surface area contributed by atoms with Gasteiger partial charge in [0.2, 0.25) is 0 Å². The van der Waals surface area contributed by atoms with Gasteiger partial charge in [-0.05, 0) is 29.2 Å². The third-order valence-corrected chi connectivity index (χ3v) is 14.1. The van der Waals surface area contributed by atoms with Crippen LogP contribution in [0.1, 0.15) is 53.0 Å². The Balaban J connectivity index is 1.54. The summed E-state index contributed by atoms with van der Waals surface area (Å²) in [5.41, 5.74) is 10.6. The molecule has 3 aliphatic heterocycles. The highest BCUT2D eigenvalue weighted by Gasteiger charge is 2.65. The molecule has 1 aliphatic carbocycles. The number of fused-ring (bicyclic) bond motifs is 1. The molecule has 276 valence electrons. The number of rotatable bonds is 12. The van der Waals surface area contributed by atoms with Crippen LogP contribution in [0, 0.1) is 0 Å². The van der Waals surface area contributed by atoms with Gasteiger partial charge in [-0.3, -0.25) is 9.59 Å². The molecular weight excluding hydrogens is 674 g/mol. The highest BCUT2D eigenvalue weighted by Crippen LogP contribution is 2.51. The fourth-order valence-corrected chi connectivity index (χ4v) is 7.25. The van der Waals surface area contributed by atoms with Gasteiger partial charge in [0.25, 0.3) is 0 Å². The third kappa shape index (κ3) is 8.49. The summed E-state index contributed by atoms with van der Waals surface area (Å²) >= 11 is 0. The number of ether oxygens (including phenoxy) is 9. The van der Waals surface area contributed by atoms with Crippen molar-refractivity contribution >= 4 is 26.2 Å². The van der Waals surface area contributed by atoms with Crippen molar-refractivity contribution in [3.8, 4) is 0 Å². The van der Waals surface area contributed by atoms with Crippen molar-refractivity contribution in [2.24, 2.45) is 5.11 Å². The van der Waals surface area contributed by atoms with Crippen molar-refractivity contribution < 1.29 is 61.4 Å². The smallest absolute Gasteiger partial charge is 0.337 e. The topological polar surface area (TPSA) is 192 Å². The van der Waals surface area contributed by atoms with E-state index in [1.807, 2.05) is 64.2 Å². The lowest BCUT2D eigenvalue weighted by Crippen LogP contribution is -2.66. The second-order valence-corrected chi connectivity index (χ2v) is 19.1. The fraction of sp³-hybridized carbons (Fsp3) is 0.727. The molecule has 0 unspecified atom stereocenters. The minimum absolute atomic E-state index is 0.109. The van der Waals surface area contributed by atoms with Gasteiger partial charge in [-0.2, -0.15) is 0 Å². The van der Waals surface area contributed by atoms with Crippen LogP contribution < -0.4 is 0 Å². The minimum Gasteiger partial charge on any atom is -0.467 e. The number of azide groups is 1.